The molecule has 0 bridgehead atoms. The molecule has 2 aliphatic rings. The number of hydrogen-bond acceptors (Lipinski definition) is 6. The number of rotatable bonds is 7. The minimum Gasteiger partial charge on any atom is -0.493 e. The Labute approximate surface area is 180 Å². The van der Waals surface area contributed by atoms with Crippen LogP contribution < -0.4 is 19.5 Å². The molecule has 162 valence electrons. The molecule has 0 spiro atoms. The van der Waals surface area contributed by atoms with E-state index in [4.69, 9.17) is 19.2 Å². The second-order valence-corrected chi connectivity index (χ2v) is 8.22. The van der Waals surface area contributed by atoms with Crippen LogP contribution in [-0.4, -0.2) is 47.3 Å². The Kier molecular flexibility index (Phi) is 4.92. The van der Waals surface area contributed by atoms with Crippen LogP contribution in [0, 0.1) is 5.92 Å². The molecule has 1 N–H and O–H groups in total. The molecule has 1 aromatic carbocycles. The van der Waals surface area contributed by atoms with Gasteiger partial charge in [-0.3, -0.25) is 4.79 Å². The van der Waals surface area contributed by atoms with Gasteiger partial charge in [-0.1, -0.05) is 0 Å². The van der Waals surface area contributed by atoms with Gasteiger partial charge in [0.25, 0.3) is 0 Å². The van der Waals surface area contributed by atoms with Crippen molar-refractivity contribution in [3.63, 3.8) is 0 Å². The normalized spacial score (nSPS) is 19.3. The zero-order valence-electron chi connectivity index (χ0n) is 17.9. The number of nitrogens with zero attached hydrogens (tertiary/aromatic N) is 3. The Bertz CT molecular complexity index is 1140. The van der Waals surface area contributed by atoms with Crippen LogP contribution in [0.5, 0.6) is 17.4 Å². The Balaban J connectivity index is 1.57. The van der Waals surface area contributed by atoms with Crippen molar-refractivity contribution in [2.75, 3.05) is 20.8 Å². The zero-order chi connectivity index (χ0) is 21.5. The Morgan fingerprint density at radius 1 is 1.16 bits per heavy atom. The number of ether oxygens (including phenoxy) is 3. The lowest BCUT2D eigenvalue weighted by molar-refractivity contribution is -0.119. The van der Waals surface area contributed by atoms with Gasteiger partial charge in [-0.2, -0.15) is 0 Å². The summed E-state index contributed by atoms with van der Waals surface area (Å²) < 4.78 is 19.4. The van der Waals surface area contributed by atoms with Gasteiger partial charge in [0, 0.05) is 30.5 Å². The minimum absolute atomic E-state index is 0.0701. The summed E-state index contributed by atoms with van der Waals surface area (Å²) in [5.41, 5.74) is 3.39. The van der Waals surface area contributed by atoms with E-state index in [1.807, 2.05) is 37.5 Å². The first-order valence-electron chi connectivity index (χ1n) is 10.6. The van der Waals surface area contributed by atoms with Gasteiger partial charge in [0.2, 0.25) is 11.8 Å². The summed E-state index contributed by atoms with van der Waals surface area (Å²) in [5.74, 6) is 2.04. The van der Waals surface area contributed by atoms with Gasteiger partial charge in [-0.05, 0) is 44.0 Å². The highest BCUT2D eigenvalue weighted by molar-refractivity contribution is 5.85. The number of imidazole rings is 1. The van der Waals surface area contributed by atoms with E-state index < -0.39 is 0 Å². The maximum Gasteiger partial charge on any atom is 0.241 e. The smallest absolute Gasteiger partial charge is 0.241 e. The van der Waals surface area contributed by atoms with Gasteiger partial charge in [0.15, 0.2) is 11.5 Å². The van der Waals surface area contributed by atoms with E-state index in [9.17, 15) is 4.79 Å². The molecule has 3 heterocycles. The van der Waals surface area contributed by atoms with Crippen molar-refractivity contribution in [2.24, 2.45) is 5.92 Å². The van der Waals surface area contributed by atoms with Crippen LogP contribution in [0.15, 0.2) is 30.6 Å². The Hall–Kier alpha value is -3.29. The van der Waals surface area contributed by atoms with Gasteiger partial charge < -0.3 is 24.1 Å². The third-order valence-corrected chi connectivity index (χ3v) is 6.11. The van der Waals surface area contributed by atoms with E-state index >= 15 is 0 Å². The third-order valence-electron chi connectivity index (χ3n) is 6.11. The molecule has 0 radical (unpaired) electrons. The summed E-state index contributed by atoms with van der Waals surface area (Å²) in [6.45, 7) is 2.62. The van der Waals surface area contributed by atoms with E-state index in [1.54, 1.807) is 14.2 Å². The number of hydrogen-bond donors (Lipinski definition) is 1. The molecule has 8 heteroatoms. The quantitative estimate of drug-likeness (QED) is 0.628. The average Bonchev–Trinajstić information content (AvgIpc) is 3.38. The van der Waals surface area contributed by atoms with E-state index in [-0.39, 0.29) is 17.9 Å². The summed E-state index contributed by atoms with van der Waals surface area (Å²) in [7, 11) is 3.23. The Morgan fingerprint density at radius 2 is 1.97 bits per heavy atom. The van der Waals surface area contributed by atoms with Crippen LogP contribution >= 0.6 is 0 Å². The van der Waals surface area contributed by atoms with Crippen molar-refractivity contribution in [3.8, 4) is 28.6 Å². The standard InChI is InChI=1S/C23H26N4O4/c1-13(15-9-21(28)24-11-15)31-23-22-18(25-12-27(22)16-5-6-16)10-17(26-23)14-4-7-19(29-2)20(8-14)30-3/h4,7-8,10,12-13,15-16H,5-6,9,11H2,1-3H3,(H,24,28). The molecule has 5 rings (SSSR count). The van der Waals surface area contributed by atoms with Gasteiger partial charge in [-0.15, -0.1) is 0 Å². The van der Waals surface area contributed by atoms with Crippen LogP contribution in [0.2, 0.25) is 0 Å². The summed E-state index contributed by atoms with van der Waals surface area (Å²) in [4.78, 5) is 21.2. The monoisotopic (exact) mass is 422 g/mol. The maximum absolute atomic E-state index is 11.7. The molecule has 2 aromatic heterocycles. The number of benzene rings is 1. The molecule has 8 nitrogen and oxygen atoms in total. The molecule has 2 fully saturated rings. The molecule has 2 atom stereocenters. The molecular weight excluding hydrogens is 396 g/mol. The van der Waals surface area contributed by atoms with Gasteiger partial charge >= 0.3 is 0 Å². The number of carbonyl (C=O) groups excluding carboxylic acids is 1. The number of fused-ring (bicyclic) bond motifs is 1. The van der Waals surface area contributed by atoms with E-state index in [2.05, 4.69) is 14.9 Å². The van der Waals surface area contributed by atoms with Crippen molar-refractivity contribution in [2.45, 2.75) is 38.3 Å². The van der Waals surface area contributed by atoms with Crippen LogP contribution in [0.3, 0.4) is 0 Å². The third kappa shape index (κ3) is 3.66. The van der Waals surface area contributed by atoms with Crippen LogP contribution in [0.1, 0.15) is 32.2 Å². The lowest BCUT2D eigenvalue weighted by atomic mass is 10.0. The lowest BCUT2D eigenvalue weighted by Gasteiger charge is -2.20. The lowest BCUT2D eigenvalue weighted by Crippen LogP contribution is -2.26. The summed E-state index contributed by atoms with van der Waals surface area (Å²) in [6, 6.07) is 8.14. The molecule has 31 heavy (non-hydrogen) atoms. The summed E-state index contributed by atoms with van der Waals surface area (Å²) >= 11 is 0. The van der Waals surface area contributed by atoms with Crippen LogP contribution in [0.4, 0.5) is 0 Å². The molecule has 1 aliphatic heterocycles. The highest BCUT2D eigenvalue weighted by Gasteiger charge is 2.31. The molecule has 3 aromatic rings. The fourth-order valence-electron chi connectivity index (χ4n) is 4.11. The first kappa shape index (κ1) is 19.7. The highest BCUT2D eigenvalue weighted by atomic mass is 16.5. The largest absolute Gasteiger partial charge is 0.493 e. The van der Waals surface area contributed by atoms with E-state index in [0.717, 1.165) is 35.1 Å². The molecule has 2 unspecified atom stereocenters. The van der Waals surface area contributed by atoms with Crippen molar-refractivity contribution in [3.05, 3.63) is 30.6 Å². The summed E-state index contributed by atoms with van der Waals surface area (Å²) in [6.07, 6.45) is 4.47. The maximum atomic E-state index is 11.7. The minimum atomic E-state index is -0.155. The number of methoxy groups -OCH3 is 2. The average molecular weight is 422 g/mol. The molecule has 1 aliphatic carbocycles. The van der Waals surface area contributed by atoms with E-state index in [0.29, 0.717) is 36.4 Å². The highest BCUT2D eigenvalue weighted by Crippen LogP contribution is 2.41. The SMILES string of the molecule is COc1ccc(-c2cc3ncn(C4CC4)c3c(OC(C)C3CNC(=O)C3)n2)cc1OC. The number of nitrogens with one attached hydrogen (secondary N) is 1. The first-order valence-corrected chi connectivity index (χ1v) is 10.6. The fraction of sp³-hybridized carbons (Fsp3) is 0.435. The van der Waals surface area contributed by atoms with Crippen molar-refractivity contribution in [1.82, 2.24) is 19.9 Å². The van der Waals surface area contributed by atoms with Gasteiger partial charge in [-0.25, -0.2) is 9.97 Å². The van der Waals surface area contributed by atoms with Gasteiger partial charge in [0.1, 0.15) is 11.6 Å². The zero-order valence-corrected chi connectivity index (χ0v) is 17.9. The summed E-state index contributed by atoms with van der Waals surface area (Å²) in [5, 5.41) is 2.89. The number of carbonyl (C=O) groups is 1. The predicted octanol–water partition coefficient (Wildman–Crippen LogP) is 3.35. The van der Waals surface area contributed by atoms with Crippen molar-refractivity contribution in [1.29, 1.82) is 0 Å². The molecule has 1 amide bonds. The second-order valence-electron chi connectivity index (χ2n) is 8.22. The molecular formula is C23H26N4O4. The van der Waals surface area contributed by atoms with E-state index in [1.165, 1.54) is 0 Å². The van der Waals surface area contributed by atoms with Crippen LogP contribution in [-0.2, 0) is 4.79 Å². The topological polar surface area (TPSA) is 87.5 Å². The van der Waals surface area contributed by atoms with Crippen molar-refractivity contribution < 1.29 is 19.0 Å². The second kappa shape index (κ2) is 7.76. The fourth-order valence-corrected chi connectivity index (χ4v) is 4.11. The Morgan fingerprint density at radius 3 is 2.65 bits per heavy atom. The predicted molar refractivity (Wildman–Crippen MR) is 116 cm³/mol. The number of pyridine rings is 1. The van der Waals surface area contributed by atoms with Crippen LogP contribution in [0.25, 0.3) is 22.3 Å². The van der Waals surface area contributed by atoms with Crippen molar-refractivity contribution >= 4 is 16.9 Å². The molecule has 1 saturated carbocycles. The molecule has 1 saturated heterocycles. The van der Waals surface area contributed by atoms with Gasteiger partial charge in [0.05, 0.1) is 31.8 Å². The number of aromatic nitrogens is 3. The number of amides is 1. The first-order chi connectivity index (χ1) is 15.1.